The van der Waals surface area contributed by atoms with E-state index in [-0.39, 0.29) is 24.6 Å². The molecule has 1 heterocycles. The Balaban J connectivity index is 2.02. The molecule has 0 aliphatic carbocycles. The highest BCUT2D eigenvalue weighted by molar-refractivity contribution is 5.86. The molecule has 0 amide bonds. The Morgan fingerprint density at radius 1 is 1.41 bits per heavy atom. The lowest BCUT2D eigenvalue weighted by atomic mass is 10.0. The van der Waals surface area contributed by atoms with Crippen LogP contribution in [0, 0.1) is 0 Å². The number of aliphatic hydroxyl groups is 1. The maximum atomic E-state index is 11.5. The van der Waals surface area contributed by atoms with E-state index in [2.05, 4.69) is 4.98 Å². The molecule has 5 nitrogen and oxygen atoms in total. The zero-order valence-electron chi connectivity index (χ0n) is 12.7. The fraction of sp³-hybridized carbons (Fsp3) is 0.294. The molecule has 1 aromatic carbocycles. The van der Waals surface area contributed by atoms with Crippen LogP contribution in [0.2, 0.25) is 0 Å². The number of esters is 1. The Morgan fingerprint density at radius 2 is 2.14 bits per heavy atom. The average Bonchev–Trinajstić information content (AvgIpc) is 2.94. The number of hydrogen-bond donors (Lipinski definition) is 1. The first-order valence-corrected chi connectivity index (χ1v) is 7.08. The minimum atomic E-state index is -1.13. The average molecular weight is 301 g/mol. The highest BCUT2D eigenvalue weighted by Crippen LogP contribution is 2.16. The second-order valence-electron chi connectivity index (χ2n) is 5.12. The summed E-state index contributed by atoms with van der Waals surface area (Å²) in [6, 6.07) is 9.66. The molecule has 22 heavy (non-hydrogen) atoms. The monoisotopic (exact) mass is 301 g/mol. The molecule has 0 aliphatic rings. The second kappa shape index (κ2) is 7.04. The van der Waals surface area contributed by atoms with Gasteiger partial charge in [-0.3, -0.25) is 0 Å². The van der Waals surface area contributed by atoms with E-state index in [9.17, 15) is 9.90 Å². The van der Waals surface area contributed by atoms with Crippen LogP contribution < -0.4 is 0 Å². The van der Waals surface area contributed by atoms with E-state index in [0.29, 0.717) is 0 Å². The molecular formula is C17H19NO4. The van der Waals surface area contributed by atoms with Crippen molar-refractivity contribution in [3.05, 3.63) is 59.8 Å². The fourth-order valence-electron chi connectivity index (χ4n) is 1.90. The van der Waals surface area contributed by atoms with Gasteiger partial charge in [-0.05, 0) is 19.4 Å². The summed E-state index contributed by atoms with van der Waals surface area (Å²) in [6.45, 7) is 3.65. The largest absolute Gasteiger partial charge is 0.461 e. The van der Waals surface area contributed by atoms with Gasteiger partial charge in [0.1, 0.15) is 6.26 Å². The molecule has 1 N–H and O–H groups in total. The first-order valence-electron chi connectivity index (χ1n) is 7.08. The molecule has 2 rings (SSSR count). The van der Waals surface area contributed by atoms with Gasteiger partial charge in [0.2, 0.25) is 0 Å². The van der Waals surface area contributed by atoms with Gasteiger partial charge in [0, 0.05) is 0 Å². The molecule has 1 unspecified atom stereocenters. The number of ether oxygens (including phenoxy) is 1. The van der Waals surface area contributed by atoms with Crippen LogP contribution in [0.15, 0.2) is 47.1 Å². The molecule has 1 aromatic heterocycles. The fourth-order valence-corrected chi connectivity index (χ4v) is 1.90. The molecule has 0 radical (unpaired) electrons. The molecule has 0 saturated heterocycles. The predicted octanol–water partition coefficient (Wildman–Crippen LogP) is 2.86. The van der Waals surface area contributed by atoms with Crippen LogP contribution >= 0.6 is 0 Å². The number of rotatable bonds is 6. The SMILES string of the molecule is CCOC(=O)c1coc(CC(C)(O)/C=C/c2ccccc2)n1. The van der Waals surface area contributed by atoms with E-state index in [4.69, 9.17) is 9.15 Å². The molecule has 0 fully saturated rings. The van der Waals surface area contributed by atoms with Crippen molar-refractivity contribution >= 4 is 12.0 Å². The van der Waals surface area contributed by atoms with Gasteiger partial charge in [0.05, 0.1) is 18.6 Å². The van der Waals surface area contributed by atoms with Crippen LogP contribution in [0.3, 0.4) is 0 Å². The third-order valence-corrected chi connectivity index (χ3v) is 2.98. The molecular weight excluding hydrogens is 282 g/mol. The highest BCUT2D eigenvalue weighted by atomic mass is 16.5. The Bertz CT molecular complexity index is 644. The molecule has 5 heteroatoms. The van der Waals surface area contributed by atoms with Crippen LogP contribution in [0.5, 0.6) is 0 Å². The van der Waals surface area contributed by atoms with Crippen LogP contribution in [-0.4, -0.2) is 28.3 Å². The van der Waals surface area contributed by atoms with Gasteiger partial charge in [0.15, 0.2) is 11.6 Å². The Morgan fingerprint density at radius 3 is 2.82 bits per heavy atom. The van der Waals surface area contributed by atoms with E-state index in [0.717, 1.165) is 5.56 Å². The van der Waals surface area contributed by atoms with E-state index in [1.807, 2.05) is 36.4 Å². The van der Waals surface area contributed by atoms with E-state index in [1.165, 1.54) is 6.26 Å². The highest BCUT2D eigenvalue weighted by Gasteiger charge is 2.22. The summed E-state index contributed by atoms with van der Waals surface area (Å²) in [6.07, 6.45) is 4.91. The third-order valence-electron chi connectivity index (χ3n) is 2.98. The van der Waals surface area contributed by atoms with Gasteiger partial charge in [-0.1, -0.05) is 42.5 Å². The zero-order chi connectivity index (χ0) is 16.0. The maximum absolute atomic E-state index is 11.5. The maximum Gasteiger partial charge on any atom is 0.360 e. The normalized spacial score (nSPS) is 14.0. The number of hydrogen-bond acceptors (Lipinski definition) is 5. The number of oxazole rings is 1. The number of aromatic nitrogens is 1. The summed E-state index contributed by atoms with van der Waals surface area (Å²) in [7, 11) is 0. The van der Waals surface area contributed by atoms with Crippen LogP contribution in [-0.2, 0) is 11.2 Å². The Hall–Kier alpha value is -2.40. The van der Waals surface area contributed by atoms with Crippen LogP contribution in [0.25, 0.3) is 6.08 Å². The molecule has 1 atom stereocenters. The first-order chi connectivity index (χ1) is 10.5. The second-order valence-corrected chi connectivity index (χ2v) is 5.12. The van der Waals surface area contributed by atoms with E-state index >= 15 is 0 Å². The lowest BCUT2D eigenvalue weighted by molar-refractivity contribution is 0.0519. The van der Waals surface area contributed by atoms with Crippen molar-refractivity contribution in [1.29, 1.82) is 0 Å². The quantitative estimate of drug-likeness (QED) is 0.831. The molecule has 0 aliphatic heterocycles. The number of nitrogens with zero attached hydrogens (tertiary/aromatic N) is 1. The third kappa shape index (κ3) is 4.56. The topological polar surface area (TPSA) is 72.6 Å². The molecule has 0 spiro atoms. The van der Waals surface area contributed by atoms with Gasteiger partial charge in [0.25, 0.3) is 0 Å². The smallest absolute Gasteiger partial charge is 0.360 e. The first kappa shape index (κ1) is 16.0. The lowest BCUT2D eigenvalue weighted by Gasteiger charge is -2.16. The summed E-state index contributed by atoms with van der Waals surface area (Å²) in [5.41, 5.74) is -0.0332. The minimum absolute atomic E-state index is 0.111. The standard InChI is InChI=1S/C17H19NO4/c1-3-21-16(19)14-12-22-15(18-14)11-17(2,20)10-9-13-7-5-4-6-8-13/h4-10,12,20H,3,11H2,1-2H3/b10-9+. The molecule has 116 valence electrons. The van der Waals surface area contributed by atoms with Crippen molar-refractivity contribution in [3.8, 4) is 0 Å². The number of carbonyl (C=O) groups excluding carboxylic acids is 1. The molecule has 0 bridgehead atoms. The summed E-state index contributed by atoms with van der Waals surface area (Å²) in [5.74, 6) is -0.247. The van der Waals surface area contributed by atoms with E-state index in [1.54, 1.807) is 19.9 Å². The predicted molar refractivity (Wildman–Crippen MR) is 82.3 cm³/mol. The summed E-state index contributed by atoms with van der Waals surface area (Å²) in [4.78, 5) is 15.5. The van der Waals surface area contributed by atoms with Gasteiger partial charge in [-0.2, -0.15) is 0 Å². The van der Waals surface area contributed by atoms with Gasteiger partial charge < -0.3 is 14.3 Å². The van der Waals surface area contributed by atoms with E-state index < -0.39 is 11.6 Å². The Labute approximate surface area is 129 Å². The van der Waals surface area contributed by atoms with Crippen molar-refractivity contribution in [1.82, 2.24) is 4.98 Å². The minimum Gasteiger partial charge on any atom is -0.461 e. The van der Waals surface area contributed by atoms with Crippen molar-refractivity contribution in [3.63, 3.8) is 0 Å². The van der Waals surface area contributed by atoms with Crippen molar-refractivity contribution < 1.29 is 19.1 Å². The summed E-state index contributed by atoms with van der Waals surface area (Å²) >= 11 is 0. The Kier molecular flexibility index (Phi) is 5.12. The van der Waals surface area contributed by atoms with Crippen molar-refractivity contribution in [2.75, 3.05) is 6.61 Å². The number of carbonyl (C=O) groups is 1. The van der Waals surface area contributed by atoms with Crippen molar-refractivity contribution in [2.24, 2.45) is 0 Å². The number of benzene rings is 1. The van der Waals surface area contributed by atoms with Crippen LogP contribution in [0.1, 0.15) is 35.8 Å². The van der Waals surface area contributed by atoms with Gasteiger partial charge >= 0.3 is 5.97 Å². The summed E-state index contributed by atoms with van der Waals surface area (Å²) in [5, 5.41) is 10.4. The van der Waals surface area contributed by atoms with Gasteiger partial charge in [-0.25, -0.2) is 9.78 Å². The summed E-state index contributed by atoms with van der Waals surface area (Å²) < 4.78 is 10.1. The van der Waals surface area contributed by atoms with Crippen LogP contribution in [0.4, 0.5) is 0 Å². The van der Waals surface area contributed by atoms with Crippen molar-refractivity contribution in [2.45, 2.75) is 25.9 Å². The zero-order valence-corrected chi connectivity index (χ0v) is 12.7. The lowest BCUT2D eigenvalue weighted by Crippen LogP contribution is -2.24. The molecule has 2 aromatic rings. The van der Waals surface area contributed by atoms with Gasteiger partial charge in [-0.15, -0.1) is 0 Å². The molecule has 0 saturated carbocycles.